The Bertz CT molecular complexity index is 608. The number of carboxylic acids is 1. The average molecular weight is 273 g/mol. The topological polar surface area (TPSA) is 69.2 Å². The highest BCUT2D eigenvalue weighted by Gasteiger charge is 2.27. The molecule has 0 aromatic carbocycles. The average Bonchev–Trinajstić information content (AvgIpc) is 2.69. The lowest BCUT2D eigenvalue weighted by molar-refractivity contribution is -0.143. The minimum absolute atomic E-state index is 0.362. The second-order valence-electron chi connectivity index (χ2n) is 5.39. The van der Waals surface area contributed by atoms with Crippen molar-refractivity contribution in [3.05, 3.63) is 30.1 Å². The maximum atomic E-state index is 11.4. The Morgan fingerprint density at radius 1 is 1.45 bits per heavy atom. The quantitative estimate of drug-likeness (QED) is 0.901. The predicted molar refractivity (Wildman–Crippen MR) is 76.4 cm³/mol. The Balaban J connectivity index is 1.85. The Morgan fingerprint density at radius 2 is 2.35 bits per heavy atom. The van der Waals surface area contributed by atoms with Crippen LogP contribution in [0.5, 0.6) is 0 Å². The van der Waals surface area contributed by atoms with Crippen LogP contribution in [0.15, 0.2) is 24.5 Å². The van der Waals surface area contributed by atoms with E-state index in [9.17, 15) is 9.90 Å². The third-order valence-electron chi connectivity index (χ3n) is 4.06. The van der Waals surface area contributed by atoms with E-state index in [1.807, 2.05) is 18.3 Å². The van der Waals surface area contributed by atoms with E-state index in [1.165, 1.54) is 0 Å². The number of carboxylic acid groups (broad SMARTS) is 1. The molecule has 3 heterocycles. The van der Waals surface area contributed by atoms with E-state index in [4.69, 9.17) is 0 Å². The van der Waals surface area contributed by atoms with Gasteiger partial charge in [0.25, 0.3) is 0 Å². The van der Waals surface area contributed by atoms with Gasteiger partial charge >= 0.3 is 5.97 Å². The molecule has 0 radical (unpaired) electrons. The van der Waals surface area contributed by atoms with Crippen molar-refractivity contribution in [1.29, 1.82) is 0 Å². The summed E-state index contributed by atoms with van der Waals surface area (Å²) in [7, 11) is 0. The van der Waals surface area contributed by atoms with Crippen LogP contribution in [-0.4, -0.2) is 38.5 Å². The monoisotopic (exact) mass is 273 g/mol. The van der Waals surface area contributed by atoms with Gasteiger partial charge < -0.3 is 10.1 Å². The first-order valence-corrected chi connectivity index (χ1v) is 7.13. The molecule has 2 aromatic heterocycles. The van der Waals surface area contributed by atoms with Gasteiger partial charge in [-0.25, -0.2) is 4.98 Å². The Hall–Kier alpha value is -1.88. The number of aromatic nitrogens is 2. The maximum absolute atomic E-state index is 11.4. The van der Waals surface area contributed by atoms with Crippen molar-refractivity contribution in [2.24, 2.45) is 0 Å². The molecule has 1 atom stereocenters. The summed E-state index contributed by atoms with van der Waals surface area (Å²) < 4.78 is 0. The fourth-order valence-electron chi connectivity index (χ4n) is 3.00. The molecule has 2 N–H and O–H groups in total. The van der Waals surface area contributed by atoms with Crippen LogP contribution in [0.2, 0.25) is 0 Å². The summed E-state index contributed by atoms with van der Waals surface area (Å²) in [5.74, 6) is -0.704. The number of fused-ring (bicyclic) bond motifs is 1. The zero-order valence-electron chi connectivity index (χ0n) is 11.4. The second kappa shape index (κ2) is 5.63. The van der Waals surface area contributed by atoms with Crippen molar-refractivity contribution in [3.63, 3.8) is 0 Å². The van der Waals surface area contributed by atoms with Crippen LogP contribution in [0.1, 0.15) is 31.2 Å². The highest BCUT2D eigenvalue weighted by Crippen LogP contribution is 2.23. The molecule has 106 valence electrons. The SMILES string of the molecule is O=C(O)C1CCCCCN1Cc1c[nH]c2ncccc12. The summed E-state index contributed by atoms with van der Waals surface area (Å²) in [6, 6.07) is 3.58. The normalized spacial score (nSPS) is 20.9. The standard InChI is InChI=1S/C15H19N3O2/c19-15(20)13-6-2-1-3-8-18(13)10-11-9-17-14-12(11)5-4-7-16-14/h4-5,7,9,13H,1-3,6,8,10H2,(H,16,17)(H,19,20). The number of carbonyl (C=O) groups is 1. The number of aromatic amines is 1. The molecule has 1 aliphatic rings. The molecule has 0 saturated carbocycles. The van der Waals surface area contributed by atoms with Crippen LogP contribution >= 0.6 is 0 Å². The zero-order valence-corrected chi connectivity index (χ0v) is 11.4. The summed E-state index contributed by atoms with van der Waals surface area (Å²) >= 11 is 0. The number of hydrogen-bond donors (Lipinski definition) is 2. The fourth-order valence-corrected chi connectivity index (χ4v) is 3.00. The molecule has 1 aliphatic heterocycles. The van der Waals surface area contributed by atoms with E-state index in [-0.39, 0.29) is 6.04 Å². The fraction of sp³-hybridized carbons (Fsp3) is 0.467. The van der Waals surface area contributed by atoms with E-state index in [2.05, 4.69) is 14.9 Å². The van der Waals surface area contributed by atoms with Gasteiger partial charge in [0.2, 0.25) is 0 Å². The van der Waals surface area contributed by atoms with Gasteiger partial charge in [0.15, 0.2) is 0 Å². The lowest BCUT2D eigenvalue weighted by Gasteiger charge is -2.26. The number of likely N-dealkylation sites (tertiary alicyclic amines) is 1. The van der Waals surface area contributed by atoms with Crippen LogP contribution in [0.25, 0.3) is 11.0 Å². The second-order valence-corrected chi connectivity index (χ2v) is 5.39. The van der Waals surface area contributed by atoms with Gasteiger partial charge in [0.05, 0.1) is 0 Å². The van der Waals surface area contributed by atoms with Crippen LogP contribution in [0.3, 0.4) is 0 Å². The molecule has 1 unspecified atom stereocenters. The van der Waals surface area contributed by atoms with Crippen LogP contribution in [-0.2, 0) is 11.3 Å². The van der Waals surface area contributed by atoms with Crippen molar-refractivity contribution in [1.82, 2.24) is 14.9 Å². The summed E-state index contributed by atoms with van der Waals surface area (Å²) in [6.45, 7) is 1.52. The summed E-state index contributed by atoms with van der Waals surface area (Å²) in [4.78, 5) is 21.0. The van der Waals surface area contributed by atoms with Crippen molar-refractivity contribution >= 4 is 17.0 Å². The molecule has 0 bridgehead atoms. The van der Waals surface area contributed by atoms with E-state index in [0.29, 0.717) is 6.54 Å². The zero-order chi connectivity index (χ0) is 13.9. The number of nitrogens with zero attached hydrogens (tertiary/aromatic N) is 2. The molecule has 1 fully saturated rings. The molecule has 3 rings (SSSR count). The van der Waals surface area contributed by atoms with E-state index < -0.39 is 5.97 Å². The Kier molecular flexibility index (Phi) is 3.69. The number of nitrogens with one attached hydrogen (secondary N) is 1. The first-order valence-electron chi connectivity index (χ1n) is 7.13. The molecule has 0 aliphatic carbocycles. The largest absolute Gasteiger partial charge is 0.480 e. The highest BCUT2D eigenvalue weighted by atomic mass is 16.4. The summed E-state index contributed by atoms with van der Waals surface area (Å²) in [5, 5.41) is 10.5. The van der Waals surface area contributed by atoms with Gasteiger partial charge in [-0.15, -0.1) is 0 Å². The first kappa shape index (κ1) is 13.1. The molecular formula is C15H19N3O2. The predicted octanol–water partition coefficient (Wildman–Crippen LogP) is 2.39. The highest BCUT2D eigenvalue weighted by molar-refractivity contribution is 5.79. The van der Waals surface area contributed by atoms with Gasteiger partial charge in [0.1, 0.15) is 11.7 Å². The first-order chi connectivity index (χ1) is 9.75. The minimum Gasteiger partial charge on any atom is -0.480 e. The van der Waals surface area contributed by atoms with E-state index >= 15 is 0 Å². The minimum atomic E-state index is -0.704. The molecule has 1 saturated heterocycles. The van der Waals surface area contributed by atoms with Gasteiger partial charge in [-0.2, -0.15) is 0 Å². The maximum Gasteiger partial charge on any atom is 0.320 e. The van der Waals surface area contributed by atoms with Gasteiger partial charge in [0, 0.05) is 24.3 Å². The van der Waals surface area contributed by atoms with Gasteiger partial charge in [-0.3, -0.25) is 9.69 Å². The molecule has 5 nitrogen and oxygen atoms in total. The third kappa shape index (κ3) is 2.54. The Labute approximate surface area is 117 Å². The van der Waals surface area contributed by atoms with Crippen molar-refractivity contribution in [3.8, 4) is 0 Å². The number of aliphatic carboxylic acids is 1. The summed E-state index contributed by atoms with van der Waals surface area (Å²) in [6.07, 6.45) is 7.65. The number of rotatable bonds is 3. The molecular weight excluding hydrogens is 254 g/mol. The van der Waals surface area contributed by atoms with Gasteiger partial charge in [-0.1, -0.05) is 12.8 Å². The number of hydrogen-bond acceptors (Lipinski definition) is 3. The van der Waals surface area contributed by atoms with Crippen molar-refractivity contribution in [2.45, 2.75) is 38.3 Å². The molecule has 5 heteroatoms. The van der Waals surface area contributed by atoms with Gasteiger partial charge in [-0.05, 0) is 37.1 Å². The smallest absolute Gasteiger partial charge is 0.320 e. The van der Waals surface area contributed by atoms with Crippen LogP contribution in [0, 0.1) is 0 Å². The van der Waals surface area contributed by atoms with Crippen LogP contribution < -0.4 is 0 Å². The van der Waals surface area contributed by atoms with Crippen LogP contribution in [0.4, 0.5) is 0 Å². The third-order valence-corrected chi connectivity index (χ3v) is 4.06. The van der Waals surface area contributed by atoms with E-state index in [1.54, 1.807) is 6.20 Å². The lowest BCUT2D eigenvalue weighted by atomic mass is 10.1. The number of H-pyrrole nitrogens is 1. The van der Waals surface area contributed by atoms with E-state index in [0.717, 1.165) is 48.8 Å². The Morgan fingerprint density at radius 3 is 3.20 bits per heavy atom. The van der Waals surface area contributed by atoms with Crippen molar-refractivity contribution in [2.75, 3.05) is 6.54 Å². The molecule has 2 aromatic rings. The lowest BCUT2D eigenvalue weighted by Crippen LogP contribution is -2.40. The molecule has 0 amide bonds. The molecule has 20 heavy (non-hydrogen) atoms. The molecule has 0 spiro atoms. The van der Waals surface area contributed by atoms with Crippen molar-refractivity contribution < 1.29 is 9.90 Å². The summed E-state index contributed by atoms with van der Waals surface area (Å²) in [5.41, 5.74) is 1.99. The number of pyridine rings is 1.